The summed E-state index contributed by atoms with van der Waals surface area (Å²) in [6.07, 6.45) is 3.43. The van der Waals surface area contributed by atoms with Crippen molar-refractivity contribution < 1.29 is 20.1 Å². The van der Waals surface area contributed by atoms with E-state index in [0.29, 0.717) is 16.8 Å². The molecule has 1 aromatic heterocycles. The first-order valence-corrected chi connectivity index (χ1v) is 6.88. The van der Waals surface area contributed by atoms with Gasteiger partial charge in [-0.25, -0.2) is 9.78 Å². The number of carboxylic acid groups (broad SMARTS) is 1. The molecule has 0 aliphatic carbocycles. The quantitative estimate of drug-likeness (QED) is 0.644. The van der Waals surface area contributed by atoms with Gasteiger partial charge < -0.3 is 15.3 Å². The van der Waals surface area contributed by atoms with Crippen molar-refractivity contribution in [2.24, 2.45) is 0 Å². The van der Waals surface area contributed by atoms with E-state index in [1.54, 1.807) is 36.4 Å². The molecule has 2 aromatic carbocycles. The number of phenolic OH excluding ortho intramolecular Hbond substituents is 2. The zero-order valence-electron chi connectivity index (χ0n) is 12.0. The fraction of sp³-hybridized carbons (Fsp3) is 0. The summed E-state index contributed by atoms with van der Waals surface area (Å²) >= 11 is 0. The Balaban J connectivity index is 2.00. The predicted octanol–water partition coefficient (Wildman–Crippen LogP) is 3.51. The van der Waals surface area contributed by atoms with Crippen molar-refractivity contribution in [2.45, 2.75) is 0 Å². The summed E-state index contributed by atoms with van der Waals surface area (Å²) < 4.78 is 0. The van der Waals surface area contributed by atoms with E-state index in [1.807, 2.05) is 6.07 Å². The highest BCUT2D eigenvalue weighted by molar-refractivity contribution is 6.02. The highest BCUT2D eigenvalue weighted by Crippen LogP contribution is 2.26. The van der Waals surface area contributed by atoms with Crippen LogP contribution in [0.2, 0.25) is 0 Å². The molecule has 0 aliphatic rings. The maximum atomic E-state index is 11.3. The lowest BCUT2D eigenvalue weighted by molar-refractivity contribution is 0.0699. The molecule has 3 N–H and O–H groups in total. The molecular weight excluding hydrogens is 294 g/mol. The number of aromatic carboxylic acids is 1. The molecule has 0 radical (unpaired) electrons. The Morgan fingerprint density at radius 2 is 1.78 bits per heavy atom. The number of aromatic hydroxyl groups is 2. The molecule has 0 bridgehead atoms. The van der Waals surface area contributed by atoms with E-state index >= 15 is 0 Å². The number of rotatable bonds is 3. The Morgan fingerprint density at radius 3 is 2.52 bits per heavy atom. The van der Waals surface area contributed by atoms with Gasteiger partial charge in [-0.1, -0.05) is 30.3 Å². The van der Waals surface area contributed by atoms with Gasteiger partial charge in [-0.05, 0) is 35.9 Å². The van der Waals surface area contributed by atoms with Gasteiger partial charge in [0.05, 0.1) is 16.8 Å². The van der Waals surface area contributed by atoms with E-state index in [4.69, 9.17) is 0 Å². The van der Waals surface area contributed by atoms with E-state index in [0.717, 1.165) is 5.39 Å². The third-order valence-corrected chi connectivity index (χ3v) is 3.42. The van der Waals surface area contributed by atoms with Crippen molar-refractivity contribution in [1.82, 2.24) is 4.98 Å². The number of hydrogen-bond acceptors (Lipinski definition) is 4. The van der Waals surface area contributed by atoms with Crippen molar-refractivity contribution in [3.8, 4) is 11.5 Å². The third-order valence-electron chi connectivity index (χ3n) is 3.42. The van der Waals surface area contributed by atoms with Gasteiger partial charge in [0.1, 0.15) is 0 Å². The molecule has 0 spiro atoms. The zero-order chi connectivity index (χ0) is 16.4. The molecule has 1 heterocycles. The van der Waals surface area contributed by atoms with Crippen LogP contribution >= 0.6 is 0 Å². The van der Waals surface area contributed by atoms with Crippen LogP contribution < -0.4 is 0 Å². The van der Waals surface area contributed by atoms with Gasteiger partial charge in [-0.3, -0.25) is 0 Å². The van der Waals surface area contributed by atoms with Crippen LogP contribution in [0.3, 0.4) is 0 Å². The van der Waals surface area contributed by atoms with Gasteiger partial charge in [0.2, 0.25) is 0 Å². The van der Waals surface area contributed by atoms with Gasteiger partial charge in [-0.2, -0.15) is 0 Å². The van der Waals surface area contributed by atoms with Crippen molar-refractivity contribution in [1.29, 1.82) is 0 Å². The van der Waals surface area contributed by atoms with Crippen LogP contribution in [0.5, 0.6) is 11.5 Å². The molecule has 5 heteroatoms. The Bertz CT molecular complexity index is 931. The Morgan fingerprint density at radius 1 is 0.957 bits per heavy atom. The topological polar surface area (TPSA) is 90.7 Å². The SMILES string of the molecule is O=C(O)c1cccc2ccc(/C=C/c3ccc(O)c(O)c3)nc12. The van der Waals surface area contributed by atoms with Crippen molar-refractivity contribution in [3.05, 3.63) is 65.4 Å². The van der Waals surface area contributed by atoms with Crippen LogP contribution in [-0.4, -0.2) is 26.3 Å². The van der Waals surface area contributed by atoms with Crippen LogP contribution in [-0.2, 0) is 0 Å². The first-order chi connectivity index (χ1) is 11.0. The number of carboxylic acids is 1. The van der Waals surface area contributed by atoms with E-state index < -0.39 is 5.97 Å². The summed E-state index contributed by atoms with van der Waals surface area (Å²) in [4.78, 5) is 15.6. The molecule has 0 amide bonds. The fourth-order valence-electron chi connectivity index (χ4n) is 2.25. The number of pyridine rings is 1. The third kappa shape index (κ3) is 2.98. The standard InChI is InChI=1S/C18H13NO4/c20-15-9-5-11(10-16(15)21)4-7-13-8-6-12-2-1-3-14(18(22)23)17(12)19-13/h1-10,20-21H,(H,22,23)/b7-4+. The first-order valence-electron chi connectivity index (χ1n) is 6.88. The number of phenols is 2. The monoisotopic (exact) mass is 307 g/mol. The largest absolute Gasteiger partial charge is 0.504 e. The van der Waals surface area contributed by atoms with Gasteiger partial charge in [0.25, 0.3) is 0 Å². The molecule has 3 aromatic rings. The van der Waals surface area contributed by atoms with Gasteiger partial charge >= 0.3 is 5.97 Å². The van der Waals surface area contributed by atoms with Crippen molar-refractivity contribution >= 4 is 29.0 Å². The average Bonchev–Trinajstić information content (AvgIpc) is 2.55. The summed E-state index contributed by atoms with van der Waals surface area (Å²) in [6.45, 7) is 0. The summed E-state index contributed by atoms with van der Waals surface area (Å²) in [6, 6.07) is 13.1. The molecule has 0 atom stereocenters. The molecular formula is C18H13NO4. The molecule has 5 nitrogen and oxygen atoms in total. The minimum absolute atomic E-state index is 0.153. The number of nitrogens with zero attached hydrogens (tertiary/aromatic N) is 1. The molecule has 0 fully saturated rings. The Hall–Kier alpha value is -3.34. The smallest absolute Gasteiger partial charge is 0.337 e. The van der Waals surface area contributed by atoms with Gasteiger partial charge in [0.15, 0.2) is 11.5 Å². The lowest BCUT2D eigenvalue weighted by Gasteiger charge is -2.03. The Labute approximate surface area is 131 Å². The molecule has 0 saturated carbocycles. The predicted molar refractivity (Wildman–Crippen MR) is 87.4 cm³/mol. The summed E-state index contributed by atoms with van der Waals surface area (Å²) in [7, 11) is 0. The van der Waals surface area contributed by atoms with Gasteiger partial charge in [0, 0.05) is 5.39 Å². The van der Waals surface area contributed by atoms with E-state index in [2.05, 4.69) is 4.98 Å². The first kappa shape index (κ1) is 14.6. The molecule has 0 unspecified atom stereocenters. The van der Waals surface area contributed by atoms with Crippen LogP contribution in [0.15, 0.2) is 48.5 Å². The van der Waals surface area contributed by atoms with E-state index in [-0.39, 0.29) is 17.1 Å². The van der Waals surface area contributed by atoms with Crippen molar-refractivity contribution in [2.75, 3.05) is 0 Å². The maximum absolute atomic E-state index is 11.3. The molecule has 0 saturated heterocycles. The molecule has 0 aliphatic heterocycles. The molecule has 23 heavy (non-hydrogen) atoms. The number of benzene rings is 2. The van der Waals surface area contributed by atoms with Crippen molar-refractivity contribution in [3.63, 3.8) is 0 Å². The van der Waals surface area contributed by atoms with Crippen LogP contribution in [0.1, 0.15) is 21.6 Å². The van der Waals surface area contributed by atoms with E-state index in [1.165, 1.54) is 18.2 Å². The minimum atomic E-state index is -1.02. The second-order valence-corrected chi connectivity index (χ2v) is 5.00. The summed E-state index contributed by atoms with van der Waals surface area (Å²) in [5.74, 6) is -1.41. The molecule has 114 valence electrons. The normalized spacial score (nSPS) is 11.1. The highest BCUT2D eigenvalue weighted by atomic mass is 16.4. The number of fused-ring (bicyclic) bond motifs is 1. The molecule has 3 rings (SSSR count). The van der Waals surface area contributed by atoms with Crippen LogP contribution in [0.25, 0.3) is 23.1 Å². The lowest BCUT2D eigenvalue weighted by Crippen LogP contribution is -1.99. The van der Waals surface area contributed by atoms with Gasteiger partial charge in [-0.15, -0.1) is 0 Å². The second kappa shape index (κ2) is 5.81. The van der Waals surface area contributed by atoms with Crippen LogP contribution in [0, 0.1) is 0 Å². The fourth-order valence-corrected chi connectivity index (χ4v) is 2.25. The average molecular weight is 307 g/mol. The second-order valence-electron chi connectivity index (χ2n) is 5.00. The number of carbonyl (C=O) groups is 1. The maximum Gasteiger partial charge on any atom is 0.337 e. The van der Waals surface area contributed by atoms with E-state index in [9.17, 15) is 20.1 Å². The minimum Gasteiger partial charge on any atom is -0.504 e. The number of para-hydroxylation sites is 1. The zero-order valence-corrected chi connectivity index (χ0v) is 12.0. The summed E-state index contributed by atoms with van der Waals surface area (Å²) in [5, 5.41) is 28.7. The summed E-state index contributed by atoms with van der Waals surface area (Å²) in [5.41, 5.74) is 1.86. The highest BCUT2D eigenvalue weighted by Gasteiger charge is 2.09. The lowest BCUT2D eigenvalue weighted by atomic mass is 10.1. The van der Waals surface area contributed by atoms with Crippen LogP contribution in [0.4, 0.5) is 0 Å². The Kier molecular flexibility index (Phi) is 3.68. The number of hydrogen-bond donors (Lipinski definition) is 3. The number of aromatic nitrogens is 1.